The van der Waals surface area contributed by atoms with Crippen LogP contribution in [0.2, 0.25) is 0 Å². The Hall–Kier alpha value is -2.02. The lowest BCUT2D eigenvalue weighted by Gasteiger charge is -2.14. The lowest BCUT2D eigenvalue weighted by molar-refractivity contribution is 0.294. The van der Waals surface area contributed by atoms with Gasteiger partial charge in [0.1, 0.15) is 5.82 Å². The molecule has 1 aromatic carbocycles. The van der Waals surface area contributed by atoms with Gasteiger partial charge in [-0.1, -0.05) is 22.9 Å². The molecule has 0 aliphatic heterocycles. The van der Waals surface area contributed by atoms with Gasteiger partial charge in [0, 0.05) is 22.7 Å². The highest BCUT2D eigenvalue weighted by atomic mass is 79.9. The van der Waals surface area contributed by atoms with Crippen LogP contribution >= 0.6 is 15.9 Å². The fraction of sp³-hybridized carbons (Fsp3) is 0.333. The van der Waals surface area contributed by atoms with Gasteiger partial charge in [-0.25, -0.2) is 4.98 Å². The van der Waals surface area contributed by atoms with Gasteiger partial charge in [0.15, 0.2) is 11.5 Å². The third-order valence-electron chi connectivity index (χ3n) is 3.09. The lowest BCUT2D eigenvalue weighted by Crippen LogP contribution is -2.05. The van der Waals surface area contributed by atoms with E-state index in [-0.39, 0.29) is 5.95 Å². The molecule has 2 rings (SSSR count). The fourth-order valence-electron chi connectivity index (χ4n) is 1.97. The van der Waals surface area contributed by atoms with Crippen LogP contribution in [0.3, 0.4) is 0 Å². The molecule has 118 valence electrons. The summed E-state index contributed by atoms with van der Waals surface area (Å²) >= 11 is 3.54. The topological polar surface area (TPSA) is 96.3 Å². The second kappa shape index (κ2) is 7.31. The molecule has 0 aliphatic rings. The van der Waals surface area contributed by atoms with E-state index in [1.54, 1.807) is 13.3 Å². The Kier molecular flexibility index (Phi) is 5.43. The monoisotopic (exact) mass is 366 g/mol. The molecule has 6 nitrogen and oxygen atoms in total. The number of benzene rings is 1. The van der Waals surface area contributed by atoms with E-state index in [0.717, 1.165) is 22.0 Å². The molecule has 22 heavy (non-hydrogen) atoms. The van der Waals surface area contributed by atoms with Gasteiger partial charge in [-0.15, -0.1) is 0 Å². The van der Waals surface area contributed by atoms with E-state index < -0.39 is 0 Å². The van der Waals surface area contributed by atoms with Gasteiger partial charge in [-0.2, -0.15) is 4.98 Å². The molecule has 0 radical (unpaired) electrons. The SMILES string of the molecule is CCCOc1cc(Cc2cnc(N)nc2N)c(Br)cc1OC. The van der Waals surface area contributed by atoms with Crippen molar-refractivity contribution < 1.29 is 9.47 Å². The molecule has 0 saturated carbocycles. The van der Waals surface area contributed by atoms with Crippen LogP contribution in [0.4, 0.5) is 11.8 Å². The molecule has 1 aromatic heterocycles. The van der Waals surface area contributed by atoms with E-state index in [0.29, 0.717) is 30.3 Å². The molecule has 0 saturated heterocycles. The molecule has 1 heterocycles. The summed E-state index contributed by atoms with van der Waals surface area (Å²) in [5, 5.41) is 0. The molecule has 0 bridgehead atoms. The van der Waals surface area contributed by atoms with Crippen molar-refractivity contribution in [2.75, 3.05) is 25.2 Å². The third-order valence-corrected chi connectivity index (χ3v) is 3.83. The first-order valence-corrected chi connectivity index (χ1v) is 7.70. The molecule has 4 N–H and O–H groups in total. The molecule has 0 fully saturated rings. The van der Waals surface area contributed by atoms with Crippen LogP contribution in [0.1, 0.15) is 24.5 Å². The zero-order valence-corrected chi connectivity index (χ0v) is 14.2. The maximum absolute atomic E-state index is 5.89. The first-order valence-electron chi connectivity index (χ1n) is 6.91. The number of methoxy groups -OCH3 is 1. The quantitative estimate of drug-likeness (QED) is 0.815. The zero-order chi connectivity index (χ0) is 16.1. The Balaban J connectivity index is 2.33. The highest BCUT2D eigenvalue weighted by Gasteiger charge is 2.12. The van der Waals surface area contributed by atoms with Crippen molar-refractivity contribution in [2.24, 2.45) is 0 Å². The number of anilines is 2. The van der Waals surface area contributed by atoms with Gasteiger partial charge in [0.2, 0.25) is 5.95 Å². The Labute approximate surface area is 138 Å². The number of hydrogen-bond donors (Lipinski definition) is 2. The first-order chi connectivity index (χ1) is 10.5. The number of rotatable bonds is 6. The van der Waals surface area contributed by atoms with Crippen molar-refractivity contribution >= 4 is 27.7 Å². The molecule has 2 aromatic rings. The minimum absolute atomic E-state index is 0.169. The maximum Gasteiger partial charge on any atom is 0.221 e. The number of halogens is 1. The molecular weight excluding hydrogens is 348 g/mol. The highest BCUT2D eigenvalue weighted by molar-refractivity contribution is 9.10. The van der Waals surface area contributed by atoms with E-state index in [2.05, 4.69) is 32.8 Å². The third kappa shape index (κ3) is 3.79. The van der Waals surface area contributed by atoms with E-state index in [1.807, 2.05) is 12.1 Å². The van der Waals surface area contributed by atoms with Gasteiger partial charge in [-0.3, -0.25) is 0 Å². The Morgan fingerprint density at radius 3 is 2.59 bits per heavy atom. The number of hydrogen-bond acceptors (Lipinski definition) is 6. The number of nitrogens with zero attached hydrogens (tertiary/aromatic N) is 2. The summed E-state index contributed by atoms with van der Waals surface area (Å²) in [7, 11) is 1.62. The molecule has 0 unspecified atom stereocenters. The van der Waals surface area contributed by atoms with E-state index >= 15 is 0 Å². The van der Waals surface area contributed by atoms with E-state index in [1.165, 1.54) is 0 Å². The van der Waals surface area contributed by atoms with Gasteiger partial charge in [0.25, 0.3) is 0 Å². The van der Waals surface area contributed by atoms with Gasteiger partial charge in [-0.05, 0) is 24.1 Å². The average Bonchev–Trinajstić information content (AvgIpc) is 2.49. The van der Waals surface area contributed by atoms with Crippen LogP contribution < -0.4 is 20.9 Å². The smallest absolute Gasteiger partial charge is 0.221 e. The first kappa shape index (κ1) is 16.4. The van der Waals surface area contributed by atoms with Crippen molar-refractivity contribution in [3.63, 3.8) is 0 Å². The Morgan fingerprint density at radius 1 is 1.18 bits per heavy atom. The van der Waals surface area contributed by atoms with Crippen LogP contribution in [0.15, 0.2) is 22.8 Å². The number of ether oxygens (including phenoxy) is 2. The second-order valence-corrected chi connectivity index (χ2v) is 5.61. The number of aromatic nitrogens is 2. The standard InChI is InChI=1S/C15H19BrN4O2/c1-3-4-22-13-6-9(11(16)7-12(13)21-2)5-10-8-19-15(18)20-14(10)17/h6-8H,3-5H2,1-2H3,(H4,17,18,19,20). The van der Waals surface area contributed by atoms with Crippen molar-refractivity contribution in [1.82, 2.24) is 9.97 Å². The summed E-state index contributed by atoms with van der Waals surface area (Å²) < 4.78 is 12.0. The van der Waals surface area contributed by atoms with E-state index in [9.17, 15) is 0 Å². The molecule has 7 heteroatoms. The normalized spacial score (nSPS) is 10.5. The van der Waals surface area contributed by atoms with Crippen molar-refractivity contribution in [1.29, 1.82) is 0 Å². The summed E-state index contributed by atoms with van der Waals surface area (Å²) in [4.78, 5) is 7.97. The summed E-state index contributed by atoms with van der Waals surface area (Å²) in [6, 6.07) is 3.82. The van der Waals surface area contributed by atoms with Crippen molar-refractivity contribution in [3.05, 3.63) is 33.9 Å². The molecule has 0 aliphatic carbocycles. The maximum atomic E-state index is 5.89. The van der Waals surface area contributed by atoms with Crippen LogP contribution in [0, 0.1) is 0 Å². The summed E-state index contributed by atoms with van der Waals surface area (Å²) in [5.41, 5.74) is 13.2. The minimum Gasteiger partial charge on any atom is -0.493 e. The van der Waals surface area contributed by atoms with Crippen LogP contribution in [-0.2, 0) is 6.42 Å². The lowest BCUT2D eigenvalue weighted by atomic mass is 10.1. The van der Waals surface area contributed by atoms with Gasteiger partial charge < -0.3 is 20.9 Å². The Morgan fingerprint density at radius 2 is 1.95 bits per heavy atom. The molecule has 0 atom stereocenters. The summed E-state index contributed by atoms with van der Waals surface area (Å²) in [6.07, 6.45) is 3.13. The Bertz CT molecular complexity index is 664. The predicted molar refractivity (Wildman–Crippen MR) is 90.1 cm³/mol. The average molecular weight is 367 g/mol. The highest BCUT2D eigenvalue weighted by Crippen LogP contribution is 2.35. The van der Waals surface area contributed by atoms with Gasteiger partial charge >= 0.3 is 0 Å². The van der Waals surface area contributed by atoms with Crippen LogP contribution in [-0.4, -0.2) is 23.7 Å². The van der Waals surface area contributed by atoms with Crippen molar-refractivity contribution in [3.8, 4) is 11.5 Å². The molecular formula is C15H19BrN4O2. The largest absolute Gasteiger partial charge is 0.493 e. The zero-order valence-electron chi connectivity index (χ0n) is 12.6. The number of nitrogen functional groups attached to an aromatic ring is 2. The summed E-state index contributed by atoms with van der Waals surface area (Å²) in [5.74, 6) is 1.94. The predicted octanol–water partition coefficient (Wildman–Crippen LogP) is 2.79. The molecule has 0 spiro atoms. The van der Waals surface area contributed by atoms with Crippen LogP contribution in [0.5, 0.6) is 11.5 Å². The van der Waals surface area contributed by atoms with Crippen LogP contribution in [0.25, 0.3) is 0 Å². The van der Waals surface area contributed by atoms with Crippen molar-refractivity contribution in [2.45, 2.75) is 19.8 Å². The second-order valence-electron chi connectivity index (χ2n) is 4.76. The summed E-state index contributed by atoms with van der Waals surface area (Å²) in [6.45, 7) is 2.68. The number of nitrogens with two attached hydrogens (primary N) is 2. The fourth-order valence-corrected chi connectivity index (χ4v) is 2.44. The minimum atomic E-state index is 0.169. The molecule has 0 amide bonds. The van der Waals surface area contributed by atoms with Gasteiger partial charge in [0.05, 0.1) is 13.7 Å². The van der Waals surface area contributed by atoms with E-state index in [4.69, 9.17) is 20.9 Å².